The monoisotopic (exact) mass is 569 g/mol. The fraction of sp³-hybridized carbons (Fsp3) is 0.467. The Bertz CT molecular complexity index is 1280. The molecule has 220 valence electrons. The lowest BCUT2D eigenvalue weighted by molar-refractivity contribution is -0.150. The number of hydrogen-bond acceptors (Lipinski definition) is 7. The highest BCUT2D eigenvalue weighted by atomic mass is 19.1. The van der Waals surface area contributed by atoms with E-state index in [2.05, 4.69) is 0 Å². The molecule has 41 heavy (non-hydrogen) atoms. The molecular weight excluding hydrogens is 533 g/mol. The molecule has 1 saturated heterocycles. The van der Waals surface area contributed by atoms with Crippen molar-refractivity contribution in [2.24, 2.45) is 0 Å². The number of esters is 1. The number of carbonyl (C=O) groups excluding carboxylic acids is 4. The van der Waals surface area contributed by atoms with Gasteiger partial charge in [0.05, 0.1) is 11.6 Å². The van der Waals surface area contributed by atoms with Crippen molar-refractivity contribution in [2.75, 3.05) is 33.3 Å². The molecule has 2 aromatic carbocycles. The van der Waals surface area contributed by atoms with Gasteiger partial charge >= 0.3 is 12.1 Å². The number of hydrogen-bond donors (Lipinski definition) is 0. The Labute approximate surface area is 238 Å². The second-order valence-corrected chi connectivity index (χ2v) is 11.2. The van der Waals surface area contributed by atoms with E-state index in [1.807, 2.05) is 18.2 Å². The van der Waals surface area contributed by atoms with Gasteiger partial charge in [-0.3, -0.25) is 9.59 Å². The van der Waals surface area contributed by atoms with Gasteiger partial charge in [0, 0.05) is 33.1 Å². The molecule has 0 radical (unpaired) electrons. The first kappa shape index (κ1) is 29.8. The van der Waals surface area contributed by atoms with E-state index in [1.165, 1.54) is 29.0 Å². The van der Waals surface area contributed by atoms with Crippen molar-refractivity contribution >= 4 is 23.9 Å². The van der Waals surface area contributed by atoms with E-state index in [4.69, 9.17) is 14.2 Å². The summed E-state index contributed by atoms with van der Waals surface area (Å²) in [5.74, 6) is -2.12. The van der Waals surface area contributed by atoms with Gasteiger partial charge < -0.3 is 28.9 Å². The Hall–Kier alpha value is -4.15. The van der Waals surface area contributed by atoms with E-state index in [9.17, 15) is 23.6 Å². The molecule has 0 saturated carbocycles. The largest absolute Gasteiger partial charge is 0.491 e. The number of piperazine rings is 1. The zero-order valence-electron chi connectivity index (χ0n) is 23.8. The molecule has 2 aliphatic rings. The summed E-state index contributed by atoms with van der Waals surface area (Å²) in [5, 5.41) is 0. The number of benzene rings is 2. The zero-order chi connectivity index (χ0) is 29.7. The van der Waals surface area contributed by atoms with Gasteiger partial charge in [-0.1, -0.05) is 30.3 Å². The van der Waals surface area contributed by atoms with E-state index in [1.54, 1.807) is 37.8 Å². The smallest absolute Gasteiger partial charge is 0.410 e. The number of halogens is 1. The summed E-state index contributed by atoms with van der Waals surface area (Å²) in [7, 11) is 1.42. The van der Waals surface area contributed by atoms with Crippen LogP contribution in [0.1, 0.15) is 49.5 Å². The second kappa shape index (κ2) is 12.6. The number of likely N-dealkylation sites (N-methyl/N-ethyl adjacent to an activating group) is 1. The lowest BCUT2D eigenvalue weighted by atomic mass is 10.0. The van der Waals surface area contributed by atoms with Crippen LogP contribution in [-0.4, -0.2) is 89.6 Å². The molecule has 3 amide bonds. The van der Waals surface area contributed by atoms with Crippen LogP contribution in [0.4, 0.5) is 9.18 Å². The molecule has 2 heterocycles. The van der Waals surface area contributed by atoms with Gasteiger partial charge in [-0.05, 0) is 51.0 Å². The number of amides is 3. The third-order valence-electron chi connectivity index (χ3n) is 6.97. The Morgan fingerprint density at radius 2 is 1.80 bits per heavy atom. The standard InChI is InChI=1S/C30H36FN3O7/c1-30(2,3)41-29(38)33-14-15-34-22(17-33)19-39-25-12-10-21(31)16-23(25)27(36)32(4)24(11-13-26(34)35)28(37)40-18-20-8-6-5-7-9-20/h5-10,12,16,22,24H,11,13-15,17-19H2,1-4H3. The first-order valence-corrected chi connectivity index (χ1v) is 13.6. The number of nitrogens with zero attached hydrogens (tertiary/aromatic N) is 3. The van der Waals surface area contributed by atoms with Crippen LogP contribution in [0.15, 0.2) is 48.5 Å². The highest BCUT2D eigenvalue weighted by Gasteiger charge is 2.37. The van der Waals surface area contributed by atoms with Crippen LogP contribution >= 0.6 is 0 Å². The highest BCUT2D eigenvalue weighted by molar-refractivity contribution is 5.99. The molecule has 4 rings (SSSR count). The average Bonchev–Trinajstić information content (AvgIpc) is 2.93. The maximum Gasteiger partial charge on any atom is 0.410 e. The van der Waals surface area contributed by atoms with Crippen LogP contribution < -0.4 is 4.74 Å². The minimum atomic E-state index is -1.10. The SMILES string of the molecule is CN1C(=O)c2cc(F)ccc2OCC2CN(C(=O)OC(C)(C)C)CCN2C(=O)CCC1C(=O)OCc1ccccc1. The molecule has 0 bridgehead atoms. The van der Waals surface area contributed by atoms with E-state index in [-0.39, 0.29) is 62.9 Å². The second-order valence-electron chi connectivity index (χ2n) is 11.2. The average molecular weight is 570 g/mol. The van der Waals surface area contributed by atoms with Gasteiger partial charge in [-0.15, -0.1) is 0 Å². The predicted octanol–water partition coefficient (Wildman–Crippen LogP) is 3.63. The minimum Gasteiger partial charge on any atom is -0.491 e. The number of carbonyl (C=O) groups is 4. The number of ether oxygens (including phenoxy) is 3. The van der Waals surface area contributed by atoms with Crippen molar-refractivity contribution in [1.29, 1.82) is 0 Å². The molecule has 0 spiro atoms. The molecule has 2 aromatic rings. The molecule has 11 heteroatoms. The van der Waals surface area contributed by atoms with Gasteiger partial charge in [0.2, 0.25) is 5.91 Å². The number of fused-ring (bicyclic) bond motifs is 2. The molecular formula is C30H36FN3O7. The molecule has 0 aromatic heterocycles. The quantitative estimate of drug-likeness (QED) is 0.520. The van der Waals surface area contributed by atoms with Crippen LogP contribution in [0.25, 0.3) is 0 Å². The minimum absolute atomic E-state index is 0.000791. The van der Waals surface area contributed by atoms with E-state index in [0.717, 1.165) is 11.6 Å². The summed E-state index contributed by atoms with van der Waals surface area (Å²) in [6.45, 7) is 5.92. The van der Waals surface area contributed by atoms with Crippen LogP contribution in [0.2, 0.25) is 0 Å². The maximum absolute atomic E-state index is 14.3. The van der Waals surface area contributed by atoms with Crippen molar-refractivity contribution in [1.82, 2.24) is 14.7 Å². The van der Waals surface area contributed by atoms with Gasteiger partial charge in [-0.2, -0.15) is 0 Å². The van der Waals surface area contributed by atoms with Crippen LogP contribution in [0.3, 0.4) is 0 Å². The summed E-state index contributed by atoms with van der Waals surface area (Å²) in [5.41, 5.74) is 0.0178. The summed E-state index contributed by atoms with van der Waals surface area (Å²) >= 11 is 0. The first-order valence-electron chi connectivity index (χ1n) is 13.6. The fourth-order valence-corrected chi connectivity index (χ4v) is 4.83. The van der Waals surface area contributed by atoms with Gasteiger partial charge in [-0.25, -0.2) is 14.0 Å². The lowest BCUT2D eigenvalue weighted by Crippen LogP contribution is -2.59. The molecule has 10 nitrogen and oxygen atoms in total. The normalized spacial score (nSPS) is 20.2. The van der Waals surface area contributed by atoms with Crippen molar-refractivity contribution in [3.05, 3.63) is 65.5 Å². The predicted molar refractivity (Wildman–Crippen MR) is 147 cm³/mol. The van der Waals surface area contributed by atoms with Gasteiger partial charge in [0.15, 0.2) is 0 Å². The maximum atomic E-state index is 14.3. The molecule has 1 fully saturated rings. The van der Waals surface area contributed by atoms with Gasteiger partial charge in [0.25, 0.3) is 5.91 Å². The Balaban J connectivity index is 1.60. The Kier molecular flexibility index (Phi) is 9.14. The van der Waals surface area contributed by atoms with Crippen molar-refractivity contribution in [3.8, 4) is 5.75 Å². The van der Waals surface area contributed by atoms with Crippen LogP contribution in [-0.2, 0) is 25.7 Å². The molecule has 0 aliphatic carbocycles. The Morgan fingerprint density at radius 1 is 1.07 bits per heavy atom. The van der Waals surface area contributed by atoms with Gasteiger partial charge in [0.1, 0.15) is 36.4 Å². The molecule has 2 unspecified atom stereocenters. The zero-order valence-corrected chi connectivity index (χ0v) is 23.8. The van der Waals surface area contributed by atoms with Crippen molar-refractivity contribution in [3.63, 3.8) is 0 Å². The summed E-state index contributed by atoms with van der Waals surface area (Å²) < 4.78 is 31.3. The van der Waals surface area contributed by atoms with E-state index in [0.29, 0.717) is 0 Å². The molecule has 2 atom stereocenters. The topological polar surface area (TPSA) is 106 Å². The van der Waals surface area contributed by atoms with Crippen molar-refractivity contribution in [2.45, 2.75) is 57.9 Å². The van der Waals surface area contributed by atoms with Crippen LogP contribution in [0, 0.1) is 5.82 Å². The third-order valence-corrected chi connectivity index (χ3v) is 6.97. The Morgan fingerprint density at radius 3 is 2.51 bits per heavy atom. The van der Waals surface area contributed by atoms with E-state index >= 15 is 0 Å². The summed E-state index contributed by atoms with van der Waals surface area (Å²) in [6.07, 6.45) is -0.558. The molecule has 0 N–H and O–H groups in total. The van der Waals surface area contributed by atoms with Crippen molar-refractivity contribution < 1.29 is 37.8 Å². The summed E-state index contributed by atoms with van der Waals surface area (Å²) in [4.78, 5) is 57.3. The highest BCUT2D eigenvalue weighted by Crippen LogP contribution is 2.26. The third kappa shape index (κ3) is 7.53. The number of rotatable bonds is 3. The van der Waals surface area contributed by atoms with Crippen LogP contribution in [0.5, 0.6) is 5.75 Å². The van der Waals surface area contributed by atoms with E-state index < -0.39 is 41.5 Å². The fourth-order valence-electron chi connectivity index (χ4n) is 4.83. The molecule has 2 aliphatic heterocycles. The first-order chi connectivity index (χ1) is 19.4. The summed E-state index contributed by atoms with van der Waals surface area (Å²) in [6, 6.07) is 11.0. The lowest BCUT2D eigenvalue weighted by Gasteiger charge is -2.42.